The molecule has 0 radical (unpaired) electrons. The molecule has 2 nitrogen and oxygen atoms in total. The Balaban J connectivity index is 1.35. The van der Waals surface area contributed by atoms with Gasteiger partial charge in [-0.3, -0.25) is 0 Å². The molecule has 2 aromatic carbocycles. The molecule has 3 heteroatoms. The lowest BCUT2D eigenvalue weighted by atomic mass is 9.53. The van der Waals surface area contributed by atoms with Gasteiger partial charge in [-0.1, -0.05) is 60.7 Å². The van der Waals surface area contributed by atoms with Gasteiger partial charge in [-0.2, -0.15) is 0 Å². The van der Waals surface area contributed by atoms with Gasteiger partial charge in [-0.15, -0.1) is 0 Å². The third kappa shape index (κ3) is 3.82. The second kappa shape index (κ2) is 7.51. The van der Waals surface area contributed by atoms with E-state index in [4.69, 9.17) is 12.2 Å². The molecule has 2 aromatic rings. The lowest BCUT2D eigenvalue weighted by Gasteiger charge is -2.57. The van der Waals surface area contributed by atoms with Crippen molar-refractivity contribution in [3.63, 3.8) is 0 Å². The van der Waals surface area contributed by atoms with Crippen LogP contribution in [0.25, 0.3) is 0 Å². The zero-order valence-electron chi connectivity index (χ0n) is 16.5. The van der Waals surface area contributed by atoms with Crippen molar-refractivity contribution in [2.75, 3.05) is 0 Å². The van der Waals surface area contributed by atoms with E-state index in [-0.39, 0.29) is 5.54 Å². The number of nitrogens with one attached hydrogen (secondary N) is 1. The molecule has 4 aliphatic rings. The number of nitrogens with zero attached hydrogens (tertiary/aromatic N) is 1. The van der Waals surface area contributed by atoms with Crippen LogP contribution in [0.4, 0.5) is 0 Å². The molecule has 28 heavy (non-hydrogen) atoms. The first kappa shape index (κ1) is 18.2. The predicted molar refractivity (Wildman–Crippen MR) is 119 cm³/mol. The molecule has 0 unspecified atom stereocenters. The van der Waals surface area contributed by atoms with Crippen molar-refractivity contribution in [3.05, 3.63) is 71.8 Å². The number of benzene rings is 2. The topological polar surface area (TPSA) is 15.3 Å². The van der Waals surface area contributed by atoms with E-state index in [2.05, 4.69) is 70.9 Å². The molecular weight excluding hydrogens is 360 g/mol. The largest absolute Gasteiger partial charge is 0.357 e. The molecule has 4 bridgehead atoms. The number of thiocarbonyl (C=S) groups is 1. The Morgan fingerprint density at radius 3 is 1.64 bits per heavy atom. The molecule has 0 amide bonds. The van der Waals surface area contributed by atoms with Gasteiger partial charge in [-0.05, 0) is 79.6 Å². The van der Waals surface area contributed by atoms with Crippen molar-refractivity contribution in [1.29, 1.82) is 0 Å². The van der Waals surface area contributed by atoms with Gasteiger partial charge in [0.1, 0.15) is 0 Å². The average molecular weight is 391 g/mol. The van der Waals surface area contributed by atoms with Crippen LogP contribution < -0.4 is 5.32 Å². The number of hydrogen-bond acceptors (Lipinski definition) is 1. The molecule has 4 aliphatic carbocycles. The zero-order chi connectivity index (χ0) is 19.0. The highest BCUT2D eigenvalue weighted by molar-refractivity contribution is 7.80. The Bertz CT molecular complexity index is 740. The van der Waals surface area contributed by atoms with Crippen LogP contribution in [0.2, 0.25) is 0 Å². The van der Waals surface area contributed by atoms with Crippen LogP contribution in [-0.4, -0.2) is 15.6 Å². The number of hydrogen-bond donors (Lipinski definition) is 1. The van der Waals surface area contributed by atoms with Crippen LogP contribution in [0.5, 0.6) is 0 Å². The van der Waals surface area contributed by atoms with Gasteiger partial charge in [0.25, 0.3) is 0 Å². The first-order chi connectivity index (χ1) is 13.7. The first-order valence-corrected chi connectivity index (χ1v) is 11.2. The summed E-state index contributed by atoms with van der Waals surface area (Å²) in [4.78, 5) is 2.36. The maximum Gasteiger partial charge on any atom is 0.169 e. The minimum Gasteiger partial charge on any atom is -0.357 e. The highest BCUT2D eigenvalue weighted by Gasteiger charge is 2.51. The van der Waals surface area contributed by atoms with Crippen molar-refractivity contribution >= 4 is 17.3 Å². The summed E-state index contributed by atoms with van der Waals surface area (Å²) in [5, 5.41) is 4.86. The summed E-state index contributed by atoms with van der Waals surface area (Å²) >= 11 is 6.02. The summed E-state index contributed by atoms with van der Waals surface area (Å²) in [5.74, 6) is 2.79. The maximum atomic E-state index is 6.02. The van der Waals surface area contributed by atoms with E-state index < -0.39 is 0 Å². The average Bonchev–Trinajstić information content (AvgIpc) is 2.68. The quantitative estimate of drug-likeness (QED) is 0.676. The third-order valence-corrected chi connectivity index (χ3v) is 7.49. The molecule has 0 aromatic heterocycles. The Hall–Kier alpha value is -1.87. The van der Waals surface area contributed by atoms with Crippen LogP contribution in [0.1, 0.15) is 49.7 Å². The van der Waals surface area contributed by atoms with E-state index in [0.717, 1.165) is 36.0 Å². The van der Waals surface area contributed by atoms with E-state index in [1.807, 2.05) is 0 Å². The SMILES string of the molecule is S=C(NC12CC3CC(CC(C3)C1)C2)N(Cc1ccccc1)Cc1ccccc1. The Kier molecular flexibility index (Phi) is 4.88. The standard InChI is InChI=1S/C25H30N2S/c28-24(26-25-14-21-11-22(15-25)13-23(12-21)16-25)27(17-19-7-3-1-4-8-19)18-20-9-5-2-6-10-20/h1-10,21-23H,11-18H2,(H,26,28). The fourth-order valence-corrected chi connectivity index (χ4v) is 6.72. The van der Waals surface area contributed by atoms with E-state index >= 15 is 0 Å². The van der Waals surface area contributed by atoms with E-state index in [0.29, 0.717) is 0 Å². The molecule has 0 aliphatic heterocycles. The van der Waals surface area contributed by atoms with Crippen LogP contribution >= 0.6 is 12.2 Å². The van der Waals surface area contributed by atoms with Gasteiger partial charge >= 0.3 is 0 Å². The fourth-order valence-electron chi connectivity index (χ4n) is 6.38. The monoisotopic (exact) mass is 390 g/mol. The highest BCUT2D eigenvalue weighted by Crippen LogP contribution is 2.55. The van der Waals surface area contributed by atoms with Gasteiger partial charge < -0.3 is 10.2 Å². The molecule has 0 saturated heterocycles. The van der Waals surface area contributed by atoms with E-state index in [1.54, 1.807) is 0 Å². The van der Waals surface area contributed by atoms with Crippen LogP contribution in [0.3, 0.4) is 0 Å². The smallest absolute Gasteiger partial charge is 0.169 e. The molecule has 6 rings (SSSR count). The molecule has 0 atom stereocenters. The van der Waals surface area contributed by atoms with Gasteiger partial charge in [0.15, 0.2) is 5.11 Å². The van der Waals surface area contributed by atoms with Gasteiger partial charge in [0.05, 0.1) is 0 Å². The molecule has 4 fully saturated rings. The molecule has 146 valence electrons. The maximum absolute atomic E-state index is 6.02. The zero-order valence-corrected chi connectivity index (χ0v) is 17.3. The fraction of sp³-hybridized carbons (Fsp3) is 0.480. The predicted octanol–water partition coefficient (Wildman–Crippen LogP) is 5.53. The van der Waals surface area contributed by atoms with Crippen molar-refractivity contribution in [1.82, 2.24) is 10.2 Å². The minimum absolute atomic E-state index is 0.261. The second-order valence-electron chi connectivity index (χ2n) is 9.46. The van der Waals surface area contributed by atoms with Crippen molar-refractivity contribution in [2.24, 2.45) is 17.8 Å². The molecule has 0 spiro atoms. The third-order valence-electron chi connectivity index (χ3n) is 7.13. The van der Waals surface area contributed by atoms with Crippen molar-refractivity contribution in [2.45, 2.75) is 57.2 Å². The summed E-state index contributed by atoms with van der Waals surface area (Å²) in [6.45, 7) is 1.71. The van der Waals surface area contributed by atoms with Crippen molar-refractivity contribution < 1.29 is 0 Å². The molecular formula is C25H30N2S. The van der Waals surface area contributed by atoms with E-state index in [1.165, 1.54) is 49.7 Å². The van der Waals surface area contributed by atoms with Gasteiger partial charge in [-0.25, -0.2) is 0 Å². The lowest BCUT2D eigenvalue weighted by molar-refractivity contribution is -0.0113. The Labute approximate surface area is 174 Å². The van der Waals surface area contributed by atoms with Gasteiger partial charge in [0.2, 0.25) is 0 Å². The summed E-state index contributed by atoms with van der Waals surface area (Å²) in [7, 11) is 0. The second-order valence-corrected chi connectivity index (χ2v) is 9.84. The minimum atomic E-state index is 0.261. The molecule has 1 N–H and O–H groups in total. The van der Waals surface area contributed by atoms with E-state index in [9.17, 15) is 0 Å². The van der Waals surface area contributed by atoms with Crippen LogP contribution in [0.15, 0.2) is 60.7 Å². The molecule has 0 heterocycles. The van der Waals surface area contributed by atoms with Gasteiger partial charge in [0, 0.05) is 18.6 Å². The highest BCUT2D eigenvalue weighted by atomic mass is 32.1. The number of rotatable bonds is 5. The summed E-state index contributed by atoms with van der Waals surface area (Å²) in [6, 6.07) is 21.4. The van der Waals surface area contributed by atoms with Crippen LogP contribution in [0, 0.1) is 17.8 Å². The normalized spacial score (nSPS) is 30.2. The Morgan fingerprint density at radius 1 is 0.786 bits per heavy atom. The van der Waals surface area contributed by atoms with Crippen molar-refractivity contribution in [3.8, 4) is 0 Å². The summed E-state index contributed by atoms with van der Waals surface area (Å²) < 4.78 is 0. The first-order valence-electron chi connectivity index (χ1n) is 10.8. The summed E-state index contributed by atoms with van der Waals surface area (Å²) in [6.07, 6.45) is 8.36. The van der Waals surface area contributed by atoms with Crippen LogP contribution in [-0.2, 0) is 13.1 Å². The summed E-state index contributed by atoms with van der Waals surface area (Å²) in [5.41, 5.74) is 2.89. The molecule has 4 saturated carbocycles. The lowest BCUT2D eigenvalue weighted by Crippen LogP contribution is -2.61. The Morgan fingerprint density at radius 2 is 1.21 bits per heavy atom.